The van der Waals surface area contributed by atoms with Crippen molar-refractivity contribution in [1.82, 2.24) is 30.5 Å². The highest BCUT2D eigenvalue weighted by Gasteiger charge is 2.17. The molecule has 0 fully saturated rings. The molecule has 7 heteroatoms. The third kappa shape index (κ3) is 5.35. The van der Waals surface area contributed by atoms with Crippen LogP contribution in [0, 0.1) is 5.82 Å². The highest BCUT2D eigenvalue weighted by Crippen LogP contribution is 2.34. The van der Waals surface area contributed by atoms with E-state index in [4.69, 9.17) is 4.98 Å². The molecule has 0 amide bonds. The van der Waals surface area contributed by atoms with Gasteiger partial charge in [0.05, 0.1) is 28.6 Å². The van der Waals surface area contributed by atoms with Crippen LogP contribution >= 0.6 is 0 Å². The minimum atomic E-state index is -0.290. The summed E-state index contributed by atoms with van der Waals surface area (Å²) in [5.41, 5.74) is 9.15. The molecule has 0 aliphatic heterocycles. The standard InChI is InChI=1S/C34H29FN6/c1-3-22(18-36-19-23-10-6-5-7-11-23)16-24(4-2)29-14-15-30-33(39-29)34(41-40-30)31-17-26-27(20-37-21-32(26)38-31)25-12-8-9-13-28(25)35/h3-17,20-21,36,38H,1,18-19H2,2H3,(H,40,41)/b22-16+,24-4+. The Morgan fingerprint density at radius 2 is 1.80 bits per heavy atom. The highest BCUT2D eigenvalue weighted by atomic mass is 19.1. The molecule has 0 saturated carbocycles. The van der Waals surface area contributed by atoms with Crippen molar-refractivity contribution in [3.05, 3.63) is 133 Å². The van der Waals surface area contributed by atoms with E-state index in [1.54, 1.807) is 24.5 Å². The predicted octanol–water partition coefficient (Wildman–Crippen LogP) is 7.61. The van der Waals surface area contributed by atoms with Gasteiger partial charge in [-0.1, -0.05) is 67.3 Å². The zero-order valence-electron chi connectivity index (χ0n) is 22.7. The lowest BCUT2D eigenvalue weighted by Gasteiger charge is -2.08. The first-order chi connectivity index (χ1) is 20.1. The van der Waals surface area contributed by atoms with Crippen LogP contribution in [0.25, 0.3) is 50.0 Å². The summed E-state index contributed by atoms with van der Waals surface area (Å²) in [5, 5.41) is 12.0. The molecular weight excluding hydrogens is 511 g/mol. The average Bonchev–Trinajstić information content (AvgIpc) is 3.63. The molecule has 0 unspecified atom stereocenters. The summed E-state index contributed by atoms with van der Waals surface area (Å²) in [7, 11) is 0. The molecule has 0 saturated heterocycles. The number of benzene rings is 2. The third-order valence-electron chi connectivity index (χ3n) is 7.08. The Bertz CT molecular complexity index is 1910. The maximum atomic E-state index is 14.6. The first kappa shape index (κ1) is 26.1. The van der Waals surface area contributed by atoms with Crippen molar-refractivity contribution in [3.63, 3.8) is 0 Å². The number of H-pyrrole nitrogens is 2. The number of aromatic nitrogens is 5. The summed E-state index contributed by atoms with van der Waals surface area (Å²) in [6, 6.07) is 23.0. The van der Waals surface area contributed by atoms with Crippen LogP contribution in [0.15, 0.2) is 116 Å². The number of halogens is 1. The maximum Gasteiger partial charge on any atom is 0.135 e. The molecule has 4 aromatic heterocycles. The molecule has 0 aliphatic rings. The number of hydrogen-bond acceptors (Lipinski definition) is 4. The van der Waals surface area contributed by atoms with Gasteiger partial charge in [-0.05, 0) is 54.0 Å². The molecule has 0 bridgehead atoms. The normalized spacial score (nSPS) is 12.3. The number of allylic oxidation sites excluding steroid dienone is 3. The number of fused-ring (bicyclic) bond motifs is 2. The maximum absolute atomic E-state index is 14.6. The van der Waals surface area contributed by atoms with E-state index in [9.17, 15) is 4.39 Å². The van der Waals surface area contributed by atoms with E-state index in [0.717, 1.165) is 56.6 Å². The third-order valence-corrected chi connectivity index (χ3v) is 7.08. The number of aromatic amines is 2. The molecule has 0 radical (unpaired) electrons. The first-order valence-electron chi connectivity index (χ1n) is 13.5. The second kappa shape index (κ2) is 11.5. The summed E-state index contributed by atoms with van der Waals surface area (Å²) in [5.74, 6) is -0.290. The van der Waals surface area contributed by atoms with Crippen LogP contribution in [0.2, 0.25) is 0 Å². The van der Waals surface area contributed by atoms with Gasteiger partial charge < -0.3 is 10.3 Å². The van der Waals surface area contributed by atoms with E-state index in [-0.39, 0.29) is 5.82 Å². The van der Waals surface area contributed by atoms with Gasteiger partial charge in [-0.3, -0.25) is 10.1 Å². The van der Waals surface area contributed by atoms with Crippen molar-refractivity contribution in [2.75, 3.05) is 6.54 Å². The predicted molar refractivity (Wildman–Crippen MR) is 164 cm³/mol. The number of pyridine rings is 2. The van der Waals surface area contributed by atoms with Crippen LogP contribution in [0.3, 0.4) is 0 Å². The SMILES string of the molecule is C=C/C(=C\C(=C/C)c1ccc2[nH]nc(-c3cc4c(-c5ccccc5F)cncc4[nH]3)c2n1)CNCc1ccccc1. The highest BCUT2D eigenvalue weighted by molar-refractivity contribution is 6.00. The smallest absolute Gasteiger partial charge is 0.135 e. The summed E-state index contributed by atoms with van der Waals surface area (Å²) in [6.07, 6.45) is 9.45. The lowest BCUT2D eigenvalue weighted by molar-refractivity contribution is 0.631. The lowest BCUT2D eigenvalue weighted by Crippen LogP contribution is -2.16. The van der Waals surface area contributed by atoms with Gasteiger partial charge in [0.15, 0.2) is 0 Å². The van der Waals surface area contributed by atoms with Gasteiger partial charge in [-0.15, -0.1) is 0 Å². The van der Waals surface area contributed by atoms with Gasteiger partial charge in [0, 0.05) is 35.8 Å². The van der Waals surface area contributed by atoms with E-state index >= 15 is 0 Å². The molecule has 0 spiro atoms. The van der Waals surface area contributed by atoms with Crippen molar-refractivity contribution in [2.45, 2.75) is 13.5 Å². The van der Waals surface area contributed by atoms with Crippen molar-refractivity contribution < 1.29 is 4.39 Å². The number of rotatable bonds is 9. The zero-order valence-corrected chi connectivity index (χ0v) is 22.7. The van der Waals surface area contributed by atoms with Gasteiger partial charge in [0.2, 0.25) is 0 Å². The van der Waals surface area contributed by atoms with Gasteiger partial charge in [-0.2, -0.15) is 5.10 Å². The minimum absolute atomic E-state index is 0.290. The van der Waals surface area contributed by atoms with Crippen molar-refractivity contribution in [2.24, 2.45) is 0 Å². The fraction of sp³-hybridized carbons (Fsp3) is 0.0882. The van der Waals surface area contributed by atoms with Crippen molar-refractivity contribution in [3.8, 4) is 22.5 Å². The number of hydrogen-bond donors (Lipinski definition) is 3. The molecule has 4 heterocycles. The Hall–Kier alpha value is -5.14. The molecule has 6 aromatic rings. The largest absolute Gasteiger partial charge is 0.352 e. The Labute approximate surface area is 237 Å². The van der Waals surface area contributed by atoms with Crippen LogP contribution in [0.4, 0.5) is 4.39 Å². The fourth-order valence-electron chi connectivity index (χ4n) is 4.95. The summed E-state index contributed by atoms with van der Waals surface area (Å²) in [4.78, 5) is 12.8. The van der Waals surface area contributed by atoms with E-state index in [1.165, 1.54) is 11.6 Å². The van der Waals surface area contributed by atoms with E-state index < -0.39 is 0 Å². The fourth-order valence-corrected chi connectivity index (χ4v) is 4.95. The number of nitrogens with one attached hydrogen (secondary N) is 3. The topological polar surface area (TPSA) is 82.3 Å². The van der Waals surface area contributed by atoms with Crippen molar-refractivity contribution >= 4 is 27.5 Å². The molecule has 3 N–H and O–H groups in total. The van der Waals surface area contributed by atoms with Crippen LogP contribution in [0.1, 0.15) is 18.2 Å². The van der Waals surface area contributed by atoms with Crippen LogP contribution < -0.4 is 5.32 Å². The Kier molecular flexibility index (Phi) is 7.34. The summed E-state index contributed by atoms with van der Waals surface area (Å²) >= 11 is 0. The number of nitrogens with zero attached hydrogens (tertiary/aromatic N) is 3. The van der Waals surface area contributed by atoms with E-state index in [1.807, 2.05) is 61.5 Å². The van der Waals surface area contributed by atoms with Crippen LogP contribution in [-0.2, 0) is 6.54 Å². The Morgan fingerprint density at radius 3 is 2.61 bits per heavy atom. The molecule has 202 valence electrons. The average molecular weight is 541 g/mol. The monoisotopic (exact) mass is 540 g/mol. The Balaban J connectivity index is 1.31. The molecule has 6 rings (SSSR count). The zero-order chi connectivity index (χ0) is 28.2. The lowest BCUT2D eigenvalue weighted by atomic mass is 10.0. The molecule has 2 aromatic carbocycles. The van der Waals surface area contributed by atoms with E-state index in [2.05, 4.69) is 50.3 Å². The van der Waals surface area contributed by atoms with E-state index in [0.29, 0.717) is 17.8 Å². The van der Waals surface area contributed by atoms with Gasteiger partial charge >= 0.3 is 0 Å². The second-order valence-electron chi connectivity index (χ2n) is 9.73. The van der Waals surface area contributed by atoms with Crippen molar-refractivity contribution in [1.29, 1.82) is 0 Å². The summed E-state index contributed by atoms with van der Waals surface area (Å²) in [6.45, 7) is 7.47. The second-order valence-corrected chi connectivity index (χ2v) is 9.73. The minimum Gasteiger partial charge on any atom is -0.352 e. The van der Waals surface area contributed by atoms with Crippen LogP contribution in [0.5, 0.6) is 0 Å². The first-order valence-corrected chi connectivity index (χ1v) is 13.5. The molecule has 41 heavy (non-hydrogen) atoms. The molecule has 6 nitrogen and oxygen atoms in total. The quantitative estimate of drug-likeness (QED) is 0.165. The van der Waals surface area contributed by atoms with Gasteiger partial charge in [0.1, 0.15) is 17.0 Å². The van der Waals surface area contributed by atoms with Gasteiger partial charge in [0.25, 0.3) is 0 Å². The molecular formula is C34H29FN6. The molecule has 0 aliphatic carbocycles. The van der Waals surface area contributed by atoms with Crippen LogP contribution in [-0.4, -0.2) is 31.7 Å². The van der Waals surface area contributed by atoms with Gasteiger partial charge in [-0.25, -0.2) is 9.37 Å². The summed E-state index contributed by atoms with van der Waals surface area (Å²) < 4.78 is 14.6. The Morgan fingerprint density at radius 1 is 0.976 bits per heavy atom. The molecule has 0 atom stereocenters.